The number of aliphatic hydroxyl groups excluding tert-OH is 3. The third kappa shape index (κ3) is 7.75. The molecule has 18 heavy (non-hydrogen) atoms. The van der Waals surface area contributed by atoms with Gasteiger partial charge in [-0.15, -0.1) is 6.58 Å². The molecule has 6 nitrogen and oxygen atoms in total. The Morgan fingerprint density at radius 1 is 1.00 bits per heavy atom. The van der Waals surface area contributed by atoms with Gasteiger partial charge in [-0.05, 0) is 19.4 Å². The van der Waals surface area contributed by atoms with Crippen LogP contribution >= 0.6 is 0 Å². The normalized spacial score (nSPS) is 13.2. The lowest BCUT2D eigenvalue weighted by Gasteiger charge is -2.37. The van der Waals surface area contributed by atoms with E-state index < -0.39 is 0 Å². The van der Waals surface area contributed by atoms with Crippen molar-refractivity contribution in [2.45, 2.75) is 18.9 Å². The summed E-state index contributed by atoms with van der Waals surface area (Å²) >= 11 is 0. The molecule has 0 aromatic heterocycles. The van der Waals surface area contributed by atoms with E-state index >= 15 is 0 Å². The fraction of sp³-hybridized carbons (Fsp3) is 0.833. The molecule has 0 aromatic carbocycles. The molecular weight excluding hydrogens is 236 g/mol. The molecule has 0 aromatic rings. The van der Waals surface area contributed by atoms with Gasteiger partial charge in [-0.3, -0.25) is 4.90 Å². The van der Waals surface area contributed by atoms with Crippen LogP contribution in [0.1, 0.15) is 12.8 Å². The van der Waals surface area contributed by atoms with Crippen LogP contribution in [0.3, 0.4) is 0 Å². The highest BCUT2D eigenvalue weighted by molar-refractivity contribution is 4.81. The van der Waals surface area contributed by atoms with Gasteiger partial charge < -0.3 is 25.6 Å². The molecule has 0 amide bonds. The lowest BCUT2D eigenvalue weighted by atomic mass is 10.1. The summed E-state index contributed by atoms with van der Waals surface area (Å²) in [5.41, 5.74) is 0. The number of rotatable bonds is 12. The van der Waals surface area contributed by atoms with E-state index in [1.165, 1.54) is 0 Å². The van der Waals surface area contributed by atoms with Gasteiger partial charge in [-0.1, -0.05) is 6.08 Å². The molecule has 0 bridgehead atoms. The maximum absolute atomic E-state index is 11.7. The van der Waals surface area contributed by atoms with E-state index in [2.05, 4.69) is 6.58 Å². The molecule has 0 heterocycles. The van der Waals surface area contributed by atoms with Crippen molar-refractivity contribution >= 4 is 0 Å². The van der Waals surface area contributed by atoms with Crippen molar-refractivity contribution in [3.05, 3.63) is 17.9 Å². The van der Waals surface area contributed by atoms with E-state index in [0.29, 0.717) is 32.5 Å². The summed E-state index contributed by atoms with van der Waals surface area (Å²) in [6.07, 6.45) is 2.88. The van der Waals surface area contributed by atoms with E-state index in [1.807, 2.05) is 4.90 Å². The number of hydrogen-bond acceptors (Lipinski definition) is 6. The van der Waals surface area contributed by atoms with Crippen LogP contribution in [-0.4, -0.2) is 77.3 Å². The van der Waals surface area contributed by atoms with Gasteiger partial charge in [0.1, 0.15) is 0 Å². The summed E-state index contributed by atoms with van der Waals surface area (Å²) in [7, 11) is 0. The Labute approximate surface area is 109 Å². The summed E-state index contributed by atoms with van der Waals surface area (Å²) in [6.45, 7) is 5.22. The highest BCUT2D eigenvalue weighted by Crippen LogP contribution is 2.09. The van der Waals surface area contributed by atoms with Crippen LogP contribution in [0.4, 0.5) is 0 Å². The van der Waals surface area contributed by atoms with Crippen molar-refractivity contribution in [3.8, 4) is 0 Å². The zero-order valence-corrected chi connectivity index (χ0v) is 10.9. The molecule has 0 rings (SSSR count). The molecule has 0 radical (unpaired) electrons. The molecule has 0 spiro atoms. The van der Waals surface area contributed by atoms with Crippen molar-refractivity contribution in [2.24, 2.45) is 0 Å². The van der Waals surface area contributed by atoms with Crippen molar-refractivity contribution in [1.82, 2.24) is 9.96 Å². The number of nitrogens with zero attached hydrogens (tertiary/aromatic N) is 2. The van der Waals surface area contributed by atoms with E-state index in [1.54, 1.807) is 6.08 Å². The van der Waals surface area contributed by atoms with E-state index in [4.69, 9.17) is 15.3 Å². The molecule has 1 atom stereocenters. The van der Waals surface area contributed by atoms with Gasteiger partial charge in [0.05, 0.1) is 19.8 Å². The zero-order valence-electron chi connectivity index (χ0n) is 10.9. The molecule has 0 aliphatic rings. The predicted molar refractivity (Wildman–Crippen MR) is 71.0 cm³/mol. The van der Waals surface area contributed by atoms with E-state index in [0.717, 1.165) is 5.06 Å². The zero-order chi connectivity index (χ0) is 13.8. The van der Waals surface area contributed by atoms with E-state index in [-0.39, 0.29) is 32.4 Å². The van der Waals surface area contributed by atoms with Crippen LogP contribution in [0.2, 0.25) is 0 Å². The first-order chi connectivity index (χ1) is 8.69. The minimum atomic E-state index is -0.213. The maximum atomic E-state index is 11.7. The summed E-state index contributed by atoms with van der Waals surface area (Å²) in [5, 5.41) is 39.0. The number of hydrogen-bond donors (Lipinski definition) is 3. The second-order valence-corrected chi connectivity index (χ2v) is 4.12. The Balaban J connectivity index is 4.16. The van der Waals surface area contributed by atoms with Gasteiger partial charge in [-0.25, -0.2) is 0 Å². The molecule has 1 unspecified atom stereocenters. The Kier molecular flexibility index (Phi) is 11.3. The molecule has 0 aliphatic carbocycles. The van der Waals surface area contributed by atoms with Crippen LogP contribution in [0.15, 0.2) is 12.7 Å². The Morgan fingerprint density at radius 3 is 2.00 bits per heavy atom. The van der Waals surface area contributed by atoms with E-state index in [9.17, 15) is 5.21 Å². The largest absolute Gasteiger partial charge is 0.785 e. The molecule has 0 saturated carbocycles. The third-order valence-electron chi connectivity index (χ3n) is 2.78. The number of hydroxylamine groups is 2. The fourth-order valence-corrected chi connectivity index (χ4v) is 1.80. The Morgan fingerprint density at radius 2 is 1.56 bits per heavy atom. The topological polar surface area (TPSA) is 90.2 Å². The molecule has 0 saturated heterocycles. The lowest BCUT2D eigenvalue weighted by Crippen LogP contribution is -2.37. The second kappa shape index (κ2) is 11.6. The van der Waals surface area contributed by atoms with Crippen molar-refractivity contribution in [2.75, 3.05) is 46.0 Å². The molecular formula is C12H25N2O4-. The van der Waals surface area contributed by atoms with Crippen molar-refractivity contribution in [1.29, 1.82) is 0 Å². The Bertz CT molecular complexity index is 199. The average Bonchev–Trinajstić information content (AvgIpc) is 2.35. The standard InChI is InChI=1S/C12H25N2O4/c1-2-3-12(14(18)8-11-17)4-5-13(6-9-15)7-10-16/h2,12,15-17H,1,3-11H2/q-1. The van der Waals surface area contributed by atoms with Crippen LogP contribution in [0.5, 0.6) is 0 Å². The van der Waals surface area contributed by atoms with Crippen LogP contribution < -0.4 is 0 Å². The predicted octanol–water partition coefficient (Wildman–Crippen LogP) is -0.600. The lowest BCUT2D eigenvalue weighted by molar-refractivity contribution is 0.140. The van der Waals surface area contributed by atoms with Gasteiger partial charge in [0.15, 0.2) is 0 Å². The van der Waals surface area contributed by atoms with Crippen LogP contribution in [-0.2, 0) is 0 Å². The van der Waals surface area contributed by atoms with Crippen molar-refractivity contribution < 1.29 is 15.3 Å². The quantitative estimate of drug-likeness (QED) is 0.321. The first kappa shape index (κ1) is 17.5. The van der Waals surface area contributed by atoms with Crippen LogP contribution in [0.25, 0.3) is 0 Å². The molecule has 108 valence electrons. The minimum Gasteiger partial charge on any atom is -0.785 e. The first-order valence-corrected chi connectivity index (χ1v) is 6.29. The van der Waals surface area contributed by atoms with Gasteiger partial charge in [0, 0.05) is 25.7 Å². The Hall–Kier alpha value is -0.500. The fourth-order valence-electron chi connectivity index (χ4n) is 1.80. The summed E-state index contributed by atoms with van der Waals surface area (Å²) in [4.78, 5) is 1.91. The van der Waals surface area contributed by atoms with Crippen LogP contribution in [0, 0.1) is 5.21 Å². The summed E-state index contributed by atoms with van der Waals surface area (Å²) in [5.74, 6) is 0. The molecule has 0 fully saturated rings. The van der Waals surface area contributed by atoms with Gasteiger partial charge >= 0.3 is 0 Å². The minimum absolute atomic E-state index is 0.0316. The SMILES string of the molecule is C=CCC(CCN(CCO)CCO)N([O-])CCO. The highest BCUT2D eigenvalue weighted by Gasteiger charge is 2.11. The summed E-state index contributed by atoms with van der Waals surface area (Å²) in [6, 6.07) is -0.213. The van der Waals surface area contributed by atoms with Gasteiger partial charge in [0.2, 0.25) is 0 Å². The maximum Gasteiger partial charge on any atom is 0.0558 e. The van der Waals surface area contributed by atoms with Gasteiger partial charge in [0.25, 0.3) is 0 Å². The van der Waals surface area contributed by atoms with Gasteiger partial charge in [-0.2, -0.15) is 0 Å². The highest BCUT2D eigenvalue weighted by atomic mass is 16.5. The first-order valence-electron chi connectivity index (χ1n) is 6.29. The molecule has 6 heteroatoms. The monoisotopic (exact) mass is 261 g/mol. The van der Waals surface area contributed by atoms with Crippen molar-refractivity contribution in [3.63, 3.8) is 0 Å². The second-order valence-electron chi connectivity index (χ2n) is 4.12. The molecule has 0 aliphatic heterocycles. The average molecular weight is 261 g/mol. The summed E-state index contributed by atoms with van der Waals surface area (Å²) < 4.78 is 0. The third-order valence-corrected chi connectivity index (χ3v) is 2.78. The molecule has 3 N–H and O–H groups in total. The smallest absolute Gasteiger partial charge is 0.0558 e. The number of aliphatic hydroxyl groups is 3.